The zero-order valence-corrected chi connectivity index (χ0v) is 14.3. The van der Waals surface area contributed by atoms with Crippen LogP contribution in [0.5, 0.6) is 0 Å². The minimum Gasteiger partial charge on any atom is -0.299 e. The molecular formula is C20H19F3N2O. The van der Waals surface area contributed by atoms with Gasteiger partial charge in [0.2, 0.25) is 0 Å². The van der Waals surface area contributed by atoms with Crippen molar-refractivity contribution < 1.29 is 18.0 Å². The van der Waals surface area contributed by atoms with Crippen molar-refractivity contribution >= 4 is 11.4 Å². The number of nitrogens with zero attached hydrogens (tertiary/aromatic N) is 2. The van der Waals surface area contributed by atoms with Crippen LogP contribution in [0.15, 0.2) is 24.4 Å². The van der Waals surface area contributed by atoms with Crippen LogP contribution in [-0.2, 0) is 24.2 Å². The van der Waals surface area contributed by atoms with Crippen LogP contribution in [0.25, 0.3) is 5.57 Å². The van der Waals surface area contributed by atoms with Gasteiger partial charge in [-0.1, -0.05) is 6.08 Å². The normalized spacial score (nSPS) is 19.3. The van der Waals surface area contributed by atoms with Crippen LogP contribution in [0.2, 0.25) is 0 Å². The summed E-state index contributed by atoms with van der Waals surface area (Å²) in [6.45, 7) is 0.658. The van der Waals surface area contributed by atoms with Crippen molar-refractivity contribution in [3.8, 4) is 0 Å². The molecule has 2 heterocycles. The number of allylic oxidation sites excluding steroid dienone is 2. The average molecular weight is 360 g/mol. The minimum atomic E-state index is -1.50. The van der Waals surface area contributed by atoms with E-state index in [1.165, 1.54) is 5.57 Å². The number of aromatic nitrogens is 2. The molecule has 0 saturated heterocycles. The first kappa shape index (κ1) is 17.1. The fourth-order valence-electron chi connectivity index (χ4n) is 3.95. The summed E-state index contributed by atoms with van der Waals surface area (Å²) in [5.74, 6) is -4.31. The van der Waals surface area contributed by atoms with E-state index in [0.717, 1.165) is 42.7 Å². The summed E-state index contributed by atoms with van der Waals surface area (Å²) in [6.07, 6.45) is 8.50. The van der Waals surface area contributed by atoms with Gasteiger partial charge >= 0.3 is 0 Å². The minimum absolute atomic E-state index is 0.0748. The van der Waals surface area contributed by atoms with Gasteiger partial charge in [0.1, 0.15) is 5.78 Å². The van der Waals surface area contributed by atoms with Crippen LogP contribution >= 0.6 is 0 Å². The van der Waals surface area contributed by atoms with Crippen LogP contribution in [0, 0.1) is 23.4 Å². The molecule has 2 aromatic rings. The van der Waals surface area contributed by atoms with E-state index in [4.69, 9.17) is 0 Å². The van der Waals surface area contributed by atoms with Gasteiger partial charge in [-0.15, -0.1) is 0 Å². The number of aryl methyl sites for hydroxylation is 1. The third-order valence-electron chi connectivity index (χ3n) is 5.34. The maximum atomic E-state index is 13.4. The van der Waals surface area contributed by atoms with Gasteiger partial charge in [-0.25, -0.2) is 13.2 Å². The van der Waals surface area contributed by atoms with E-state index in [2.05, 4.69) is 11.2 Å². The number of Topliss-reactive ketones (excluding diaryl/α,β-unsaturated/α-hetero) is 1. The Bertz CT molecular complexity index is 877. The average Bonchev–Trinajstić information content (AvgIpc) is 3.28. The topological polar surface area (TPSA) is 34.9 Å². The lowest BCUT2D eigenvalue weighted by Crippen LogP contribution is -2.27. The van der Waals surface area contributed by atoms with E-state index in [0.29, 0.717) is 19.4 Å². The van der Waals surface area contributed by atoms with E-state index in [1.54, 1.807) is 0 Å². The molecular weight excluding hydrogens is 341 g/mol. The van der Waals surface area contributed by atoms with Crippen molar-refractivity contribution in [1.29, 1.82) is 0 Å². The molecule has 0 bridgehead atoms. The molecule has 0 fully saturated rings. The molecule has 1 atom stereocenters. The standard InChI is InChI=1S/C20H19F3N2O/c21-16-7-12(8-17(22)20(16)23)9-19(26)14-5-6-25-18(10-14)15(11-24-25)13-3-1-2-4-13/h3,7-8,11,14H,1-2,4-6,9-10H2. The fourth-order valence-corrected chi connectivity index (χ4v) is 3.95. The van der Waals surface area contributed by atoms with Crippen molar-refractivity contribution in [2.75, 3.05) is 0 Å². The molecule has 1 aromatic heterocycles. The predicted octanol–water partition coefficient (Wildman–Crippen LogP) is 4.24. The highest BCUT2D eigenvalue weighted by molar-refractivity contribution is 5.84. The number of rotatable bonds is 4. The van der Waals surface area contributed by atoms with Crippen LogP contribution in [0.1, 0.15) is 42.5 Å². The predicted molar refractivity (Wildman–Crippen MR) is 90.9 cm³/mol. The smallest absolute Gasteiger partial charge is 0.194 e. The Kier molecular flexibility index (Phi) is 4.42. The Morgan fingerprint density at radius 2 is 2.00 bits per heavy atom. The lowest BCUT2D eigenvalue weighted by molar-refractivity contribution is -0.122. The number of fused-ring (bicyclic) bond motifs is 1. The van der Waals surface area contributed by atoms with E-state index >= 15 is 0 Å². The van der Waals surface area contributed by atoms with Crippen molar-refractivity contribution in [3.05, 3.63) is 58.7 Å². The number of hydrogen-bond donors (Lipinski definition) is 0. The lowest BCUT2D eigenvalue weighted by Gasteiger charge is -2.23. The number of ketones is 1. The first-order chi connectivity index (χ1) is 12.5. The summed E-state index contributed by atoms with van der Waals surface area (Å²) in [5, 5.41) is 4.44. The number of hydrogen-bond acceptors (Lipinski definition) is 2. The van der Waals surface area contributed by atoms with Crippen LogP contribution in [-0.4, -0.2) is 15.6 Å². The summed E-state index contributed by atoms with van der Waals surface area (Å²) in [6, 6.07) is 1.80. The summed E-state index contributed by atoms with van der Waals surface area (Å²) in [5.41, 5.74) is 3.66. The van der Waals surface area contributed by atoms with Crippen LogP contribution in [0.4, 0.5) is 13.2 Å². The Morgan fingerprint density at radius 1 is 1.23 bits per heavy atom. The van der Waals surface area contributed by atoms with Crippen molar-refractivity contribution in [3.63, 3.8) is 0 Å². The zero-order chi connectivity index (χ0) is 18.3. The van der Waals surface area contributed by atoms with Gasteiger partial charge in [-0.05, 0) is 55.4 Å². The first-order valence-corrected chi connectivity index (χ1v) is 8.93. The second-order valence-electron chi connectivity index (χ2n) is 7.06. The van der Waals surface area contributed by atoms with E-state index in [1.807, 2.05) is 10.9 Å². The maximum absolute atomic E-state index is 13.4. The molecule has 26 heavy (non-hydrogen) atoms. The molecule has 1 unspecified atom stereocenters. The van der Waals surface area contributed by atoms with Gasteiger partial charge in [-0.2, -0.15) is 5.10 Å². The third-order valence-corrected chi connectivity index (χ3v) is 5.34. The van der Waals surface area contributed by atoms with Gasteiger partial charge in [0.15, 0.2) is 17.5 Å². The Labute approximate surface area is 149 Å². The molecule has 4 rings (SSSR count). The highest BCUT2D eigenvalue weighted by Gasteiger charge is 2.28. The van der Waals surface area contributed by atoms with Crippen molar-refractivity contribution in [1.82, 2.24) is 9.78 Å². The third kappa shape index (κ3) is 3.08. The Balaban J connectivity index is 1.52. The monoisotopic (exact) mass is 360 g/mol. The first-order valence-electron chi connectivity index (χ1n) is 8.93. The molecule has 0 N–H and O–H groups in total. The lowest BCUT2D eigenvalue weighted by atomic mass is 9.87. The van der Waals surface area contributed by atoms with Gasteiger partial charge in [-0.3, -0.25) is 9.48 Å². The van der Waals surface area contributed by atoms with Crippen LogP contribution < -0.4 is 0 Å². The summed E-state index contributed by atoms with van der Waals surface area (Å²) < 4.78 is 41.8. The highest BCUT2D eigenvalue weighted by atomic mass is 19.2. The van der Waals surface area contributed by atoms with Crippen molar-refractivity contribution in [2.45, 2.75) is 45.1 Å². The highest BCUT2D eigenvalue weighted by Crippen LogP contribution is 2.33. The molecule has 1 aromatic carbocycles. The molecule has 1 aliphatic carbocycles. The summed E-state index contributed by atoms with van der Waals surface area (Å²) >= 11 is 0. The second-order valence-corrected chi connectivity index (χ2v) is 7.06. The largest absolute Gasteiger partial charge is 0.299 e. The van der Waals surface area contributed by atoms with Crippen molar-refractivity contribution in [2.24, 2.45) is 5.92 Å². The number of benzene rings is 1. The molecule has 0 amide bonds. The SMILES string of the molecule is O=C(Cc1cc(F)c(F)c(F)c1)C1CCn2ncc(C3=CCCC3)c2C1. The molecule has 0 spiro atoms. The Morgan fingerprint density at radius 3 is 2.69 bits per heavy atom. The number of carbonyl (C=O) groups is 1. The van der Waals surface area contributed by atoms with Gasteiger partial charge in [0, 0.05) is 30.1 Å². The van der Waals surface area contributed by atoms with E-state index < -0.39 is 17.5 Å². The van der Waals surface area contributed by atoms with E-state index in [-0.39, 0.29) is 23.7 Å². The van der Waals surface area contributed by atoms with Gasteiger partial charge in [0.25, 0.3) is 0 Å². The number of carbonyl (C=O) groups excluding carboxylic acids is 1. The van der Waals surface area contributed by atoms with Crippen LogP contribution in [0.3, 0.4) is 0 Å². The summed E-state index contributed by atoms with van der Waals surface area (Å²) in [4.78, 5) is 12.7. The molecule has 1 aliphatic heterocycles. The Hall–Kier alpha value is -2.37. The van der Waals surface area contributed by atoms with Gasteiger partial charge < -0.3 is 0 Å². The fraction of sp³-hybridized carbons (Fsp3) is 0.400. The maximum Gasteiger partial charge on any atom is 0.194 e. The quantitative estimate of drug-likeness (QED) is 0.765. The molecule has 0 saturated carbocycles. The molecule has 2 aliphatic rings. The molecule has 0 radical (unpaired) electrons. The second kappa shape index (κ2) is 6.74. The summed E-state index contributed by atoms with van der Waals surface area (Å²) in [7, 11) is 0. The number of halogens is 3. The van der Waals surface area contributed by atoms with E-state index in [9.17, 15) is 18.0 Å². The molecule has 136 valence electrons. The molecule has 3 nitrogen and oxygen atoms in total. The molecule has 6 heteroatoms. The van der Waals surface area contributed by atoms with Gasteiger partial charge in [0.05, 0.1) is 6.20 Å². The zero-order valence-electron chi connectivity index (χ0n) is 14.3.